The van der Waals surface area contributed by atoms with Crippen molar-refractivity contribution in [2.24, 2.45) is 5.73 Å². The minimum Gasteiger partial charge on any atom is -0.376 e. The maximum absolute atomic E-state index is 13.1. The standard InChI is InChI=1S/C24H29F3N4O4S/c1-16(23(8-9-23)18-7-10-29-20(15-18)21(28)32)30-11-13-31(14-12-30)36(34,35)19-5-3-17(4-6-19)22(2,33)24(25,26)27/h3-7,10,15-16,33H,8-9,11-14H2,1-2H3,(H2,28,32)/t16?,22-/m0/s1. The lowest BCUT2D eigenvalue weighted by Gasteiger charge is -2.41. The van der Waals surface area contributed by atoms with Crippen molar-refractivity contribution in [1.82, 2.24) is 14.2 Å². The molecule has 12 heteroatoms. The molecule has 1 aliphatic carbocycles. The number of nitrogens with two attached hydrogens (primary N) is 1. The van der Waals surface area contributed by atoms with Gasteiger partial charge in [-0.2, -0.15) is 17.5 Å². The van der Waals surface area contributed by atoms with Gasteiger partial charge in [0.15, 0.2) is 5.60 Å². The maximum Gasteiger partial charge on any atom is 0.421 e. The van der Waals surface area contributed by atoms with E-state index in [4.69, 9.17) is 5.73 Å². The number of hydrogen-bond acceptors (Lipinski definition) is 6. The lowest BCUT2D eigenvalue weighted by atomic mass is 9.87. The fraction of sp³-hybridized carbons (Fsp3) is 0.500. The zero-order valence-corrected chi connectivity index (χ0v) is 20.8. The second kappa shape index (κ2) is 9.09. The Bertz CT molecular complexity index is 1240. The maximum atomic E-state index is 13.1. The van der Waals surface area contributed by atoms with Crippen LogP contribution >= 0.6 is 0 Å². The highest BCUT2D eigenvalue weighted by atomic mass is 32.2. The molecule has 2 atom stereocenters. The van der Waals surface area contributed by atoms with Gasteiger partial charge in [-0.05, 0) is 62.1 Å². The highest BCUT2D eigenvalue weighted by molar-refractivity contribution is 7.89. The molecule has 0 radical (unpaired) electrons. The molecule has 1 saturated carbocycles. The number of aliphatic hydroxyl groups is 1. The molecule has 2 heterocycles. The molecule has 1 aromatic heterocycles. The van der Waals surface area contributed by atoms with Gasteiger partial charge >= 0.3 is 6.18 Å². The highest BCUT2D eigenvalue weighted by Gasteiger charge is 2.52. The van der Waals surface area contributed by atoms with Gasteiger partial charge in [0.05, 0.1) is 4.90 Å². The van der Waals surface area contributed by atoms with Gasteiger partial charge in [-0.1, -0.05) is 12.1 Å². The number of piperazine rings is 1. The first-order chi connectivity index (χ1) is 16.7. The van der Waals surface area contributed by atoms with Crippen LogP contribution in [-0.2, 0) is 21.0 Å². The highest BCUT2D eigenvalue weighted by Crippen LogP contribution is 2.52. The van der Waals surface area contributed by atoms with Crippen LogP contribution in [0, 0.1) is 0 Å². The van der Waals surface area contributed by atoms with E-state index in [1.807, 2.05) is 6.07 Å². The summed E-state index contributed by atoms with van der Waals surface area (Å²) in [6.07, 6.45) is -1.45. The number of rotatable bonds is 7. The number of alkyl halides is 3. The zero-order chi connectivity index (χ0) is 26.5. The number of aromatic nitrogens is 1. The molecule has 1 amide bonds. The van der Waals surface area contributed by atoms with Crippen molar-refractivity contribution < 1.29 is 31.5 Å². The van der Waals surface area contributed by atoms with Crippen LogP contribution in [0.25, 0.3) is 0 Å². The third-order valence-electron chi connectivity index (χ3n) is 7.60. The van der Waals surface area contributed by atoms with Gasteiger partial charge in [0.1, 0.15) is 5.69 Å². The van der Waals surface area contributed by atoms with E-state index in [0.717, 1.165) is 42.7 Å². The molecule has 2 aliphatic rings. The van der Waals surface area contributed by atoms with E-state index < -0.39 is 33.3 Å². The van der Waals surface area contributed by atoms with Gasteiger partial charge in [0.2, 0.25) is 10.0 Å². The van der Waals surface area contributed by atoms with Crippen molar-refractivity contribution in [1.29, 1.82) is 0 Å². The Kier molecular flexibility index (Phi) is 6.69. The average Bonchev–Trinajstić information content (AvgIpc) is 3.65. The molecule has 0 spiro atoms. The summed E-state index contributed by atoms with van der Waals surface area (Å²) in [5.41, 5.74) is 2.92. The molecule has 1 aliphatic heterocycles. The van der Waals surface area contributed by atoms with Gasteiger partial charge in [-0.25, -0.2) is 8.42 Å². The van der Waals surface area contributed by atoms with E-state index in [0.29, 0.717) is 20.0 Å². The number of nitrogens with zero attached hydrogens (tertiary/aromatic N) is 3. The molecule has 1 unspecified atom stereocenters. The van der Waals surface area contributed by atoms with Crippen LogP contribution in [0.3, 0.4) is 0 Å². The number of hydrogen-bond donors (Lipinski definition) is 2. The quantitative estimate of drug-likeness (QED) is 0.572. The number of benzene rings is 1. The van der Waals surface area contributed by atoms with Crippen molar-refractivity contribution in [2.45, 2.75) is 54.8 Å². The Hall–Kier alpha value is -2.54. The van der Waals surface area contributed by atoms with Crippen LogP contribution in [0.4, 0.5) is 13.2 Å². The first-order valence-corrected chi connectivity index (χ1v) is 13.0. The van der Waals surface area contributed by atoms with E-state index in [1.54, 1.807) is 12.3 Å². The van der Waals surface area contributed by atoms with Crippen molar-refractivity contribution in [3.8, 4) is 0 Å². The lowest BCUT2D eigenvalue weighted by molar-refractivity contribution is -0.258. The molecule has 36 heavy (non-hydrogen) atoms. The second-order valence-electron chi connectivity index (χ2n) is 9.66. The second-order valence-corrected chi connectivity index (χ2v) is 11.6. The number of carbonyl (C=O) groups is 1. The minimum atomic E-state index is -4.89. The third kappa shape index (κ3) is 4.62. The number of primary amides is 1. The minimum absolute atomic E-state index is 0.0920. The summed E-state index contributed by atoms with van der Waals surface area (Å²) >= 11 is 0. The summed E-state index contributed by atoms with van der Waals surface area (Å²) in [5, 5.41) is 9.82. The fourth-order valence-electron chi connectivity index (χ4n) is 4.90. The average molecular weight is 527 g/mol. The predicted molar refractivity (Wildman–Crippen MR) is 126 cm³/mol. The van der Waals surface area contributed by atoms with Gasteiger partial charge < -0.3 is 10.8 Å². The van der Waals surface area contributed by atoms with Gasteiger partial charge in [0, 0.05) is 43.8 Å². The monoisotopic (exact) mass is 526 g/mol. The smallest absolute Gasteiger partial charge is 0.376 e. The fourth-order valence-corrected chi connectivity index (χ4v) is 6.32. The van der Waals surface area contributed by atoms with Crippen LogP contribution in [0.5, 0.6) is 0 Å². The lowest BCUT2D eigenvalue weighted by Crippen LogP contribution is -2.54. The van der Waals surface area contributed by atoms with Crippen LogP contribution in [0.2, 0.25) is 0 Å². The third-order valence-corrected chi connectivity index (χ3v) is 9.52. The summed E-state index contributed by atoms with van der Waals surface area (Å²) in [4.78, 5) is 17.7. The van der Waals surface area contributed by atoms with Crippen LogP contribution < -0.4 is 5.73 Å². The predicted octanol–water partition coefficient (Wildman–Crippen LogP) is 2.38. The largest absolute Gasteiger partial charge is 0.421 e. The summed E-state index contributed by atoms with van der Waals surface area (Å²) in [6, 6.07) is 7.88. The molecule has 1 saturated heterocycles. The van der Waals surface area contributed by atoms with E-state index in [1.165, 1.54) is 4.31 Å². The molecule has 4 rings (SSSR count). The summed E-state index contributed by atoms with van der Waals surface area (Å²) < 4.78 is 66.9. The van der Waals surface area contributed by atoms with E-state index >= 15 is 0 Å². The first kappa shape index (κ1) is 26.5. The first-order valence-electron chi connectivity index (χ1n) is 11.6. The Morgan fingerprint density at radius 1 is 1.11 bits per heavy atom. The van der Waals surface area contributed by atoms with Gasteiger partial charge in [-0.15, -0.1) is 0 Å². The topological polar surface area (TPSA) is 117 Å². The molecule has 0 bridgehead atoms. The van der Waals surface area contributed by atoms with E-state index in [9.17, 15) is 31.5 Å². The number of amides is 1. The summed E-state index contributed by atoms with van der Waals surface area (Å²) in [6.45, 7) is 4.14. The van der Waals surface area contributed by atoms with Crippen LogP contribution in [-0.4, -0.2) is 72.0 Å². The molecule has 2 aromatic rings. The van der Waals surface area contributed by atoms with E-state index in [2.05, 4.69) is 16.8 Å². The number of carbonyl (C=O) groups excluding carboxylic acids is 1. The van der Waals surface area contributed by atoms with Crippen molar-refractivity contribution in [3.05, 3.63) is 59.4 Å². The molecular weight excluding hydrogens is 497 g/mol. The SMILES string of the molecule is CC(N1CCN(S(=O)(=O)c2ccc([C@](C)(O)C(F)(F)F)cc2)CC1)C1(c2ccnc(C(N)=O)c2)CC1. The van der Waals surface area contributed by atoms with Gasteiger partial charge in [0.25, 0.3) is 5.91 Å². The number of halogens is 3. The molecule has 3 N–H and O–H groups in total. The molecule has 1 aromatic carbocycles. The Morgan fingerprint density at radius 3 is 2.19 bits per heavy atom. The molecule has 2 fully saturated rings. The molecule has 8 nitrogen and oxygen atoms in total. The summed E-state index contributed by atoms with van der Waals surface area (Å²) in [5.74, 6) is -0.589. The Balaban J connectivity index is 1.44. The molecule has 196 valence electrons. The number of sulfonamides is 1. The Morgan fingerprint density at radius 2 is 1.69 bits per heavy atom. The normalized spacial score (nSPS) is 21.5. The van der Waals surface area contributed by atoms with Crippen molar-refractivity contribution in [2.75, 3.05) is 26.2 Å². The van der Waals surface area contributed by atoms with Crippen LogP contribution in [0.1, 0.15) is 48.3 Å². The van der Waals surface area contributed by atoms with Crippen LogP contribution in [0.15, 0.2) is 47.5 Å². The van der Waals surface area contributed by atoms with E-state index in [-0.39, 0.29) is 35.1 Å². The zero-order valence-electron chi connectivity index (χ0n) is 20.0. The Labute approximate surface area is 208 Å². The summed E-state index contributed by atoms with van der Waals surface area (Å²) in [7, 11) is -3.91. The van der Waals surface area contributed by atoms with Crippen molar-refractivity contribution in [3.63, 3.8) is 0 Å². The number of pyridine rings is 1. The van der Waals surface area contributed by atoms with Crippen molar-refractivity contribution >= 4 is 15.9 Å². The molecular formula is C24H29F3N4O4S. The van der Waals surface area contributed by atoms with Gasteiger partial charge in [-0.3, -0.25) is 14.7 Å².